The minimum atomic E-state index is -1.00. The first-order valence-corrected chi connectivity index (χ1v) is 12.8. The zero-order valence-electron chi connectivity index (χ0n) is 20.0. The maximum atomic E-state index is 11.6. The first-order valence-electron chi connectivity index (χ1n) is 12.8. The SMILES string of the molecule is CC(C)CC[C@@H](O)[C@](C)(O)[C@H]1CC[C@@H]2[C@@H]3CC=C4C[C@@H](O)CC[C@]4(C)[C@@H]3CC[C@@]21C. The van der Waals surface area contributed by atoms with Gasteiger partial charge in [-0.1, -0.05) is 39.3 Å². The largest absolute Gasteiger partial charge is 0.393 e. The van der Waals surface area contributed by atoms with Crippen LogP contribution in [-0.4, -0.2) is 33.1 Å². The van der Waals surface area contributed by atoms with Crippen molar-refractivity contribution in [2.75, 3.05) is 0 Å². The van der Waals surface area contributed by atoms with Crippen LogP contribution >= 0.6 is 0 Å². The summed E-state index contributed by atoms with van der Waals surface area (Å²) in [6.45, 7) is 11.2. The van der Waals surface area contributed by atoms with Crippen LogP contribution in [0.2, 0.25) is 0 Å². The monoisotopic (exact) mass is 418 g/mol. The Kier molecular flexibility index (Phi) is 5.99. The number of hydrogen-bond acceptors (Lipinski definition) is 3. The Bertz CT molecular complexity index is 667. The first kappa shape index (κ1) is 22.8. The molecule has 0 spiro atoms. The van der Waals surface area contributed by atoms with Gasteiger partial charge >= 0.3 is 0 Å². The number of rotatable bonds is 5. The van der Waals surface area contributed by atoms with Crippen LogP contribution in [0.15, 0.2) is 11.6 Å². The zero-order valence-corrected chi connectivity index (χ0v) is 20.0. The maximum Gasteiger partial charge on any atom is 0.0910 e. The van der Waals surface area contributed by atoms with Gasteiger partial charge in [-0.05, 0) is 112 Å². The van der Waals surface area contributed by atoms with Gasteiger partial charge in [0.2, 0.25) is 0 Å². The van der Waals surface area contributed by atoms with Gasteiger partial charge in [-0.15, -0.1) is 0 Å². The zero-order chi connectivity index (χ0) is 21.9. The van der Waals surface area contributed by atoms with Gasteiger partial charge in [-0.2, -0.15) is 0 Å². The molecule has 0 amide bonds. The average molecular weight is 419 g/mol. The van der Waals surface area contributed by atoms with Crippen LogP contribution in [0.3, 0.4) is 0 Å². The van der Waals surface area contributed by atoms with E-state index in [-0.39, 0.29) is 22.9 Å². The lowest BCUT2D eigenvalue weighted by Crippen LogP contribution is -2.55. The molecule has 0 aliphatic heterocycles. The summed E-state index contributed by atoms with van der Waals surface area (Å²) in [4.78, 5) is 0. The summed E-state index contributed by atoms with van der Waals surface area (Å²) in [6, 6.07) is 0. The molecule has 0 aromatic carbocycles. The molecule has 30 heavy (non-hydrogen) atoms. The lowest BCUT2D eigenvalue weighted by atomic mass is 9.46. The molecule has 0 aromatic rings. The summed E-state index contributed by atoms with van der Waals surface area (Å²) in [5, 5.41) is 32.7. The Morgan fingerprint density at radius 3 is 2.50 bits per heavy atom. The van der Waals surface area contributed by atoms with Crippen LogP contribution in [0.4, 0.5) is 0 Å². The van der Waals surface area contributed by atoms with E-state index in [9.17, 15) is 15.3 Å². The van der Waals surface area contributed by atoms with Gasteiger partial charge in [0.15, 0.2) is 0 Å². The second kappa shape index (κ2) is 7.89. The molecule has 3 N–H and O–H groups in total. The molecule has 3 fully saturated rings. The molecule has 4 aliphatic rings. The van der Waals surface area contributed by atoms with E-state index in [1.165, 1.54) is 24.8 Å². The molecule has 0 radical (unpaired) electrons. The van der Waals surface area contributed by atoms with Crippen molar-refractivity contribution in [2.24, 2.45) is 40.4 Å². The van der Waals surface area contributed by atoms with Gasteiger partial charge in [0.25, 0.3) is 0 Å². The Morgan fingerprint density at radius 1 is 1.07 bits per heavy atom. The molecule has 3 heteroatoms. The van der Waals surface area contributed by atoms with E-state index in [0.29, 0.717) is 24.2 Å². The van der Waals surface area contributed by atoms with Gasteiger partial charge in [0.05, 0.1) is 17.8 Å². The van der Waals surface area contributed by atoms with E-state index in [4.69, 9.17) is 0 Å². The van der Waals surface area contributed by atoms with Gasteiger partial charge in [0.1, 0.15) is 0 Å². The van der Waals surface area contributed by atoms with E-state index in [2.05, 4.69) is 33.8 Å². The smallest absolute Gasteiger partial charge is 0.0910 e. The van der Waals surface area contributed by atoms with Gasteiger partial charge < -0.3 is 15.3 Å². The van der Waals surface area contributed by atoms with E-state index >= 15 is 0 Å². The van der Waals surface area contributed by atoms with Crippen molar-refractivity contribution >= 4 is 0 Å². The summed E-state index contributed by atoms with van der Waals surface area (Å²) in [7, 11) is 0. The second-order valence-corrected chi connectivity index (χ2v) is 12.5. The van der Waals surface area contributed by atoms with Crippen molar-refractivity contribution in [2.45, 2.75) is 117 Å². The molecule has 0 bridgehead atoms. The Hall–Kier alpha value is -0.380. The number of allylic oxidation sites excluding steroid dienone is 1. The highest BCUT2D eigenvalue weighted by Gasteiger charge is 2.62. The van der Waals surface area contributed by atoms with Crippen molar-refractivity contribution in [1.82, 2.24) is 0 Å². The third-order valence-electron chi connectivity index (χ3n) is 10.5. The normalized spacial score (nSPS) is 46.4. The lowest BCUT2D eigenvalue weighted by molar-refractivity contribution is -0.151. The van der Waals surface area contributed by atoms with Gasteiger partial charge in [-0.3, -0.25) is 0 Å². The van der Waals surface area contributed by atoms with Crippen molar-refractivity contribution < 1.29 is 15.3 Å². The van der Waals surface area contributed by atoms with E-state index in [1.807, 2.05) is 6.92 Å². The number of aliphatic hydroxyl groups is 3. The molecule has 0 aromatic heterocycles. The molecular weight excluding hydrogens is 372 g/mol. The molecule has 172 valence electrons. The molecular formula is C27H46O3. The predicted octanol–water partition coefficient (Wildman–Crippen LogP) is 5.47. The minimum Gasteiger partial charge on any atom is -0.393 e. The third-order valence-corrected chi connectivity index (χ3v) is 10.5. The molecule has 4 aliphatic carbocycles. The van der Waals surface area contributed by atoms with Crippen LogP contribution in [0.1, 0.15) is 98.8 Å². The molecule has 0 heterocycles. The van der Waals surface area contributed by atoms with Gasteiger partial charge in [0, 0.05) is 0 Å². The maximum absolute atomic E-state index is 11.6. The molecule has 3 nitrogen and oxygen atoms in total. The fourth-order valence-electron chi connectivity index (χ4n) is 8.62. The van der Waals surface area contributed by atoms with Crippen LogP contribution in [0.5, 0.6) is 0 Å². The summed E-state index contributed by atoms with van der Waals surface area (Å²) >= 11 is 0. The fraction of sp³-hybridized carbons (Fsp3) is 0.926. The van der Waals surface area contributed by atoms with Gasteiger partial charge in [-0.25, -0.2) is 0 Å². The Balaban J connectivity index is 1.55. The highest BCUT2D eigenvalue weighted by atomic mass is 16.3. The number of hydrogen-bond donors (Lipinski definition) is 3. The highest BCUT2D eigenvalue weighted by molar-refractivity contribution is 5.25. The molecule has 3 saturated carbocycles. The third kappa shape index (κ3) is 3.52. The van der Waals surface area contributed by atoms with Crippen LogP contribution in [0, 0.1) is 40.4 Å². The second-order valence-electron chi connectivity index (χ2n) is 12.5. The van der Waals surface area contributed by atoms with Crippen LogP contribution in [0.25, 0.3) is 0 Å². The minimum absolute atomic E-state index is 0.124. The van der Waals surface area contributed by atoms with Crippen molar-refractivity contribution in [3.05, 3.63) is 11.6 Å². The van der Waals surface area contributed by atoms with Crippen LogP contribution < -0.4 is 0 Å². The van der Waals surface area contributed by atoms with Crippen molar-refractivity contribution in [3.63, 3.8) is 0 Å². The standard InChI is InChI=1S/C27H46O3/c1-17(2)6-11-24(29)27(5,30)23-10-9-21-20-8-7-18-16-19(28)12-14-25(18,3)22(20)13-15-26(21,23)4/h7,17,19-24,28-30H,6,8-16H2,1-5H3/t19-,20-,21+,22+,23-,24+,25-,26-,27+/m0/s1. The highest BCUT2D eigenvalue weighted by Crippen LogP contribution is 2.67. The number of fused-ring (bicyclic) bond motifs is 5. The Morgan fingerprint density at radius 2 is 1.80 bits per heavy atom. The lowest BCUT2D eigenvalue weighted by Gasteiger charge is -2.59. The summed E-state index contributed by atoms with van der Waals surface area (Å²) < 4.78 is 0. The molecule has 9 atom stereocenters. The van der Waals surface area contributed by atoms with Crippen molar-refractivity contribution in [1.29, 1.82) is 0 Å². The average Bonchev–Trinajstić information content (AvgIpc) is 3.04. The Labute approximate surface area is 184 Å². The van der Waals surface area contributed by atoms with E-state index in [1.54, 1.807) is 0 Å². The topological polar surface area (TPSA) is 60.7 Å². The summed E-state index contributed by atoms with van der Waals surface area (Å²) in [6.07, 6.45) is 12.1. The van der Waals surface area contributed by atoms with Crippen LogP contribution in [-0.2, 0) is 0 Å². The van der Waals surface area contributed by atoms with E-state index in [0.717, 1.165) is 44.4 Å². The van der Waals surface area contributed by atoms with E-state index < -0.39 is 11.7 Å². The van der Waals surface area contributed by atoms with Crippen molar-refractivity contribution in [3.8, 4) is 0 Å². The number of aliphatic hydroxyl groups excluding tert-OH is 2. The quantitative estimate of drug-likeness (QED) is 0.519. The molecule has 0 saturated heterocycles. The molecule has 0 unspecified atom stereocenters. The summed E-state index contributed by atoms with van der Waals surface area (Å²) in [5.74, 6) is 2.80. The summed E-state index contributed by atoms with van der Waals surface area (Å²) in [5.41, 5.74) is 0.914. The predicted molar refractivity (Wildman–Crippen MR) is 122 cm³/mol. The fourth-order valence-corrected chi connectivity index (χ4v) is 8.62. The first-order chi connectivity index (χ1) is 14.0. The molecule has 4 rings (SSSR count).